The maximum Gasteiger partial charge on any atom is 0.419 e. The van der Waals surface area contributed by atoms with Crippen LogP contribution in [0.5, 0.6) is 0 Å². The zero-order valence-corrected chi connectivity index (χ0v) is 11.3. The molecular formula is C13H12N4O2S. The first-order chi connectivity index (χ1) is 9.75. The number of thioether (sulfide) groups is 1. The molecule has 6 nitrogen and oxygen atoms in total. The average Bonchev–Trinajstić information content (AvgIpc) is 2.77. The van der Waals surface area contributed by atoms with Crippen molar-refractivity contribution >= 4 is 28.7 Å². The number of hydrogen-bond acceptors (Lipinski definition) is 6. The monoisotopic (exact) mass is 288 g/mol. The Kier molecular flexibility index (Phi) is 3.42. The number of aryl methyl sites for hydroxylation is 1. The van der Waals surface area contributed by atoms with Gasteiger partial charge < -0.3 is 10.2 Å². The highest BCUT2D eigenvalue weighted by atomic mass is 32.2. The normalized spacial score (nSPS) is 11.0. The van der Waals surface area contributed by atoms with Gasteiger partial charge in [-0.15, -0.1) is 11.8 Å². The first-order valence-electron chi connectivity index (χ1n) is 6.03. The van der Waals surface area contributed by atoms with Crippen LogP contribution in [0.2, 0.25) is 0 Å². The molecule has 2 heterocycles. The number of nitrogen functional groups attached to an aromatic ring is 1. The van der Waals surface area contributed by atoms with Crippen molar-refractivity contribution in [3.8, 4) is 0 Å². The lowest BCUT2D eigenvalue weighted by Gasteiger charge is -2.03. The van der Waals surface area contributed by atoms with Gasteiger partial charge in [-0.25, -0.2) is 14.8 Å². The van der Waals surface area contributed by atoms with Gasteiger partial charge in [-0.2, -0.15) is 0 Å². The highest BCUT2D eigenvalue weighted by molar-refractivity contribution is 7.99. The van der Waals surface area contributed by atoms with Gasteiger partial charge >= 0.3 is 5.76 Å². The summed E-state index contributed by atoms with van der Waals surface area (Å²) in [5, 5.41) is 0.674. The highest BCUT2D eigenvalue weighted by Gasteiger charge is 2.09. The minimum atomic E-state index is -0.348. The number of fused-ring (bicyclic) bond motifs is 1. The molecule has 2 aromatic heterocycles. The lowest BCUT2D eigenvalue weighted by atomic mass is 10.3. The van der Waals surface area contributed by atoms with Crippen LogP contribution in [0.4, 0.5) is 5.82 Å². The number of aromatic nitrogens is 3. The summed E-state index contributed by atoms with van der Waals surface area (Å²) in [5.74, 6) is 0.715. The van der Waals surface area contributed by atoms with Crippen molar-refractivity contribution in [1.82, 2.24) is 14.5 Å². The summed E-state index contributed by atoms with van der Waals surface area (Å²) in [7, 11) is 0. The maximum absolute atomic E-state index is 11.8. The van der Waals surface area contributed by atoms with Gasteiger partial charge in [0.1, 0.15) is 5.03 Å². The summed E-state index contributed by atoms with van der Waals surface area (Å²) in [6.45, 7) is 0.524. The summed E-state index contributed by atoms with van der Waals surface area (Å²) >= 11 is 1.46. The molecule has 0 aliphatic heterocycles. The lowest BCUT2D eigenvalue weighted by Crippen LogP contribution is -2.15. The SMILES string of the molecule is Nc1nccnc1SCCn1c(=O)oc2ccccc21. The number of anilines is 1. The van der Waals surface area contributed by atoms with Gasteiger partial charge in [0.25, 0.3) is 0 Å². The van der Waals surface area contributed by atoms with Gasteiger partial charge in [-0.05, 0) is 12.1 Å². The number of oxazole rings is 1. The second-order valence-electron chi connectivity index (χ2n) is 4.08. The molecular weight excluding hydrogens is 276 g/mol. The molecule has 0 amide bonds. The number of nitrogens with two attached hydrogens (primary N) is 1. The van der Waals surface area contributed by atoms with E-state index in [0.717, 1.165) is 5.52 Å². The fourth-order valence-corrected chi connectivity index (χ4v) is 2.71. The van der Waals surface area contributed by atoms with Crippen LogP contribution in [0.15, 0.2) is 50.9 Å². The third-order valence-electron chi connectivity index (χ3n) is 2.82. The Bertz CT molecular complexity index is 796. The largest absolute Gasteiger partial charge is 0.419 e. The number of rotatable bonds is 4. The van der Waals surface area contributed by atoms with Crippen LogP contribution >= 0.6 is 11.8 Å². The molecule has 0 aliphatic rings. The Morgan fingerprint density at radius 3 is 2.90 bits per heavy atom. The van der Waals surface area contributed by atoms with Crippen LogP contribution in [-0.4, -0.2) is 20.3 Å². The van der Waals surface area contributed by atoms with Gasteiger partial charge in [0.2, 0.25) is 0 Å². The van der Waals surface area contributed by atoms with Gasteiger partial charge in [0.05, 0.1) is 5.52 Å². The Balaban J connectivity index is 1.76. The van der Waals surface area contributed by atoms with Crippen molar-refractivity contribution in [3.05, 3.63) is 47.2 Å². The molecule has 0 unspecified atom stereocenters. The van der Waals surface area contributed by atoms with Crippen molar-refractivity contribution in [2.75, 3.05) is 11.5 Å². The Morgan fingerprint density at radius 1 is 1.25 bits per heavy atom. The molecule has 0 spiro atoms. The van der Waals surface area contributed by atoms with Crippen LogP contribution in [0.25, 0.3) is 11.1 Å². The molecule has 3 aromatic rings. The van der Waals surface area contributed by atoms with E-state index in [2.05, 4.69) is 9.97 Å². The zero-order chi connectivity index (χ0) is 13.9. The molecule has 0 radical (unpaired) electrons. The Labute approximate surface area is 118 Å². The van der Waals surface area contributed by atoms with Crippen molar-refractivity contribution in [1.29, 1.82) is 0 Å². The third-order valence-corrected chi connectivity index (χ3v) is 3.79. The Morgan fingerprint density at radius 2 is 2.05 bits per heavy atom. The van der Waals surface area contributed by atoms with E-state index in [9.17, 15) is 4.79 Å². The number of benzene rings is 1. The molecule has 102 valence electrons. The van der Waals surface area contributed by atoms with E-state index in [1.54, 1.807) is 23.0 Å². The molecule has 0 saturated heterocycles. The Hall–Kier alpha value is -2.28. The van der Waals surface area contributed by atoms with E-state index >= 15 is 0 Å². The van der Waals surface area contributed by atoms with Gasteiger partial charge in [0.15, 0.2) is 11.4 Å². The minimum absolute atomic E-state index is 0.348. The fraction of sp³-hybridized carbons (Fsp3) is 0.154. The molecule has 0 saturated carbocycles. The van der Waals surface area contributed by atoms with Gasteiger partial charge in [-0.1, -0.05) is 12.1 Å². The topological polar surface area (TPSA) is 86.9 Å². The average molecular weight is 288 g/mol. The number of hydrogen-bond donors (Lipinski definition) is 1. The van der Waals surface area contributed by atoms with Crippen molar-refractivity contribution < 1.29 is 4.42 Å². The number of nitrogens with zero attached hydrogens (tertiary/aromatic N) is 3. The molecule has 20 heavy (non-hydrogen) atoms. The molecule has 0 fully saturated rings. The quantitative estimate of drug-likeness (QED) is 0.736. The van der Waals surface area contributed by atoms with E-state index in [0.29, 0.717) is 28.7 Å². The first-order valence-corrected chi connectivity index (χ1v) is 7.02. The fourth-order valence-electron chi connectivity index (χ4n) is 1.91. The maximum atomic E-state index is 11.8. The summed E-state index contributed by atoms with van der Waals surface area (Å²) in [4.78, 5) is 19.9. The van der Waals surface area contributed by atoms with Crippen LogP contribution in [0, 0.1) is 0 Å². The highest BCUT2D eigenvalue weighted by Crippen LogP contribution is 2.20. The smallest absolute Gasteiger partial charge is 0.408 e. The van der Waals surface area contributed by atoms with Crippen LogP contribution in [0.1, 0.15) is 0 Å². The summed E-state index contributed by atoms with van der Waals surface area (Å²) in [6, 6.07) is 7.36. The minimum Gasteiger partial charge on any atom is -0.408 e. The standard InChI is InChI=1S/C13H12N4O2S/c14-11-12(16-6-5-15-11)20-8-7-17-9-3-1-2-4-10(9)19-13(17)18/h1-6H,7-8H2,(H2,14,15). The zero-order valence-electron chi connectivity index (χ0n) is 10.5. The van der Waals surface area contributed by atoms with Crippen LogP contribution < -0.4 is 11.5 Å². The van der Waals surface area contributed by atoms with Gasteiger partial charge in [-0.3, -0.25) is 4.57 Å². The number of para-hydroxylation sites is 2. The van der Waals surface area contributed by atoms with E-state index in [4.69, 9.17) is 10.2 Å². The summed E-state index contributed by atoms with van der Waals surface area (Å²) in [5.41, 5.74) is 7.11. The first kappa shape index (κ1) is 12.7. The van der Waals surface area contributed by atoms with Crippen molar-refractivity contribution in [3.63, 3.8) is 0 Å². The van der Waals surface area contributed by atoms with E-state index in [1.807, 2.05) is 18.2 Å². The van der Waals surface area contributed by atoms with Crippen LogP contribution in [-0.2, 0) is 6.54 Å². The molecule has 7 heteroatoms. The molecule has 0 bridgehead atoms. The van der Waals surface area contributed by atoms with E-state index in [-0.39, 0.29) is 5.76 Å². The van der Waals surface area contributed by atoms with Crippen molar-refractivity contribution in [2.45, 2.75) is 11.6 Å². The molecule has 2 N–H and O–H groups in total. The summed E-state index contributed by atoms with van der Waals surface area (Å²) < 4.78 is 6.78. The van der Waals surface area contributed by atoms with E-state index < -0.39 is 0 Å². The molecule has 3 rings (SSSR count). The van der Waals surface area contributed by atoms with Gasteiger partial charge in [0, 0.05) is 24.7 Å². The lowest BCUT2D eigenvalue weighted by molar-refractivity contribution is 0.514. The molecule has 0 aliphatic carbocycles. The van der Waals surface area contributed by atoms with Crippen molar-refractivity contribution in [2.24, 2.45) is 0 Å². The molecule has 0 atom stereocenters. The summed E-state index contributed by atoms with van der Waals surface area (Å²) in [6.07, 6.45) is 3.14. The second kappa shape index (κ2) is 5.38. The van der Waals surface area contributed by atoms with Crippen LogP contribution in [0.3, 0.4) is 0 Å². The second-order valence-corrected chi connectivity index (χ2v) is 5.17. The van der Waals surface area contributed by atoms with E-state index in [1.165, 1.54) is 11.8 Å². The predicted octanol–water partition coefficient (Wildman–Crippen LogP) is 1.76. The predicted molar refractivity (Wildman–Crippen MR) is 77.6 cm³/mol. The third kappa shape index (κ3) is 2.39. The molecule has 1 aromatic carbocycles.